The number of rotatable bonds is 2. The fourth-order valence-corrected chi connectivity index (χ4v) is 1.40. The standard InChI is InChI=1S/C10H13N3O2/c1-6-5-8(7-3-4-7)12-9(11-6)13(2)10(14)15/h5,7H,3-4H2,1-2H3,(H,14,15). The average Bonchev–Trinajstić information content (AvgIpc) is 2.98. The molecule has 0 spiro atoms. The molecule has 15 heavy (non-hydrogen) atoms. The van der Waals surface area contributed by atoms with Crippen molar-refractivity contribution in [3.63, 3.8) is 0 Å². The zero-order valence-corrected chi connectivity index (χ0v) is 8.77. The van der Waals surface area contributed by atoms with E-state index in [0.29, 0.717) is 5.92 Å². The van der Waals surface area contributed by atoms with Gasteiger partial charge in [0.15, 0.2) is 0 Å². The van der Waals surface area contributed by atoms with Gasteiger partial charge in [-0.15, -0.1) is 0 Å². The first-order valence-electron chi connectivity index (χ1n) is 4.90. The average molecular weight is 207 g/mol. The van der Waals surface area contributed by atoms with Crippen molar-refractivity contribution in [1.82, 2.24) is 9.97 Å². The van der Waals surface area contributed by atoms with Crippen LogP contribution in [-0.4, -0.2) is 28.2 Å². The lowest BCUT2D eigenvalue weighted by Gasteiger charge is -2.12. The van der Waals surface area contributed by atoms with Gasteiger partial charge in [0.1, 0.15) is 0 Å². The number of nitrogens with zero attached hydrogens (tertiary/aromatic N) is 3. The number of aromatic nitrogens is 2. The Balaban J connectivity index is 2.34. The molecule has 1 fully saturated rings. The highest BCUT2D eigenvalue weighted by Gasteiger charge is 2.26. The maximum atomic E-state index is 10.8. The molecule has 0 bridgehead atoms. The summed E-state index contributed by atoms with van der Waals surface area (Å²) in [6, 6.07) is 1.93. The predicted molar refractivity (Wildman–Crippen MR) is 55.2 cm³/mol. The van der Waals surface area contributed by atoms with Crippen LogP contribution in [-0.2, 0) is 0 Å². The minimum Gasteiger partial charge on any atom is -0.465 e. The summed E-state index contributed by atoms with van der Waals surface area (Å²) < 4.78 is 0. The quantitative estimate of drug-likeness (QED) is 0.802. The smallest absolute Gasteiger partial charge is 0.413 e. The number of anilines is 1. The van der Waals surface area contributed by atoms with E-state index in [0.717, 1.165) is 29.1 Å². The number of carbonyl (C=O) groups is 1. The highest BCUT2D eigenvalue weighted by molar-refractivity contribution is 5.82. The Bertz CT molecular complexity index is 402. The Labute approximate surface area is 87.8 Å². The summed E-state index contributed by atoms with van der Waals surface area (Å²) in [4.78, 5) is 20.1. The topological polar surface area (TPSA) is 66.3 Å². The van der Waals surface area contributed by atoms with E-state index in [1.807, 2.05) is 13.0 Å². The van der Waals surface area contributed by atoms with Gasteiger partial charge in [-0.05, 0) is 25.8 Å². The molecule has 5 heteroatoms. The number of amides is 1. The molecule has 1 N–H and O–H groups in total. The van der Waals surface area contributed by atoms with Gasteiger partial charge in [-0.3, -0.25) is 0 Å². The number of hydrogen-bond acceptors (Lipinski definition) is 3. The minimum absolute atomic E-state index is 0.268. The maximum absolute atomic E-state index is 10.8. The molecular formula is C10H13N3O2. The third kappa shape index (κ3) is 2.06. The Morgan fingerprint density at radius 2 is 2.20 bits per heavy atom. The molecular weight excluding hydrogens is 194 g/mol. The van der Waals surface area contributed by atoms with Crippen molar-refractivity contribution in [2.45, 2.75) is 25.7 Å². The summed E-state index contributed by atoms with van der Waals surface area (Å²) in [7, 11) is 1.45. The summed E-state index contributed by atoms with van der Waals surface area (Å²) >= 11 is 0. The fraction of sp³-hybridized carbons (Fsp3) is 0.500. The summed E-state index contributed by atoms with van der Waals surface area (Å²) in [5, 5.41) is 8.82. The van der Waals surface area contributed by atoms with Gasteiger partial charge < -0.3 is 5.11 Å². The Morgan fingerprint density at radius 3 is 2.73 bits per heavy atom. The van der Waals surface area contributed by atoms with Crippen LogP contribution >= 0.6 is 0 Å². The van der Waals surface area contributed by atoms with Gasteiger partial charge in [0.25, 0.3) is 0 Å². The van der Waals surface area contributed by atoms with Crippen LogP contribution in [0.1, 0.15) is 30.1 Å². The first-order valence-corrected chi connectivity index (χ1v) is 4.90. The molecule has 1 aromatic heterocycles. The van der Waals surface area contributed by atoms with E-state index in [4.69, 9.17) is 5.11 Å². The van der Waals surface area contributed by atoms with Crippen LogP contribution in [0.25, 0.3) is 0 Å². The second kappa shape index (κ2) is 3.49. The molecule has 2 rings (SSSR count). The van der Waals surface area contributed by atoms with Gasteiger partial charge in [-0.25, -0.2) is 19.7 Å². The summed E-state index contributed by atoms with van der Waals surface area (Å²) in [5.41, 5.74) is 1.78. The zero-order chi connectivity index (χ0) is 11.0. The molecule has 0 unspecified atom stereocenters. The number of aryl methyl sites for hydroxylation is 1. The predicted octanol–water partition coefficient (Wildman–Crippen LogP) is 1.78. The Hall–Kier alpha value is -1.65. The fourth-order valence-electron chi connectivity index (χ4n) is 1.40. The molecule has 1 heterocycles. The van der Waals surface area contributed by atoms with Gasteiger partial charge >= 0.3 is 6.09 Å². The highest BCUT2D eigenvalue weighted by atomic mass is 16.4. The van der Waals surface area contributed by atoms with Gasteiger partial charge in [0.05, 0.1) is 0 Å². The molecule has 0 atom stereocenters. The van der Waals surface area contributed by atoms with Crippen molar-refractivity contribution >= 4 is 12.0 Å². The molecule has 1 amide bonds. The first-order chi connectivity index (χ1) is 7.08. The van der Waals surface area contributed by atoms with Crippen LogP contribution in [0.4, 0.5) is 10.7 Å². The van der Waals surface area contributed by atoms with E-state index in [9.17, 15) is 4.79 Å². The van der Waals surface area contributed by atoms with Gasteiger partial charge in [-0.2, -0.15) is 0 Å². The van der Waals surface area contributed by atoms with Crippen molar-refractivity contribution in [1.29, 1.82) is 0 Å². The Kier molecular flexibility index (Phi) is 2.30. The lowest BCUT2D eigenvalue weighted by Crippen LogP contribution is -2.26. The Morgan fingerprint density at radius 1 is 1.53 bits per heavy atom. The molecule has 5 nitrogen and oxygen atoms in total. The third-order valence-electron chi connectivity index (χ3n) is 2.44. The lowest BCUT2D eigenvalue weighted by molar-refractivity contribution is 0.203. The molecule has 1 aromatic rings. The van der Waals surface area contributed by atoms with Crippen LogP contribution in [0.15, 0.2) is 6.07 Å². The SMILES string of the molecule is Cc1cc(C2CC2)nc(N(C)C(=O)O)n1. The van der Waals surface area contributed by atoms with Crippen molar-refractivity contribution in [2.75, 3.05) is 11.9 Å². The molecule has 0 radical (unpaired) electrons. The van der Waals surface area contributed by atoms with E-state index >= 15 is 0 Å². The van der Waals surface area contributed by atoms with Crippen molar-refractivity contribution < 1.29 is 9.90 Å². The first kappa shape index (κ1) is 9.89. The molecule has 0 aromatic carbocycles. The van der Waals surface area contributed by atoms with Gasteiger partial charge in [-0.1, -0.05) is 0 Å². The van der Waals surface area contributed by atoms with Crippen molar-refractivity contribution in [3.05, 3.63) is 17.5 Å². The second-order valence-electron chi connectivity index (χ2n) is 3.85. The summed E-state index contributed by atoms with van der Waals surface area (Å²) in [5.74, 6) is 0.775. The van der Waals surface area contributed by atoms with E-state index in [1.54, 1.807) is 0 Å². The second-order valence-corrected chi connectivity index (χ2v) is 3.85. The van der Waals surface area contributed by atoms with Gasteiger partial charge in [0, 0.05) is 24.4 Å². The molecule has 0 aliphatic heterocycles. The minimum atomic E-state index is -1.04. The largest absolute Gasteiger partial charge is 0.465 e. The molecule has 0 saturated heterocycles. The van der Waals surface area contributed by atoms with Gasteiger partial charge in [0.2, 0.25) is 5.95 Å². The van der Waals surface area contributed by atoms with Crippen LogP contribution in [0.5, 0.6) is 0 Å². The normalized spacial score (nSPS) is 15.1. The highest BCUT2D eigenvalue weighted by Crippen LogP contribution is 2.39. The number of hydrogen-bond donors (Lipinski definition) is 1. The van der Waals surface area contributed by atoms with Crippen LogP contribution < -0.4 is 4.90 Å². The van der Waals surface area contributed by atoms with Crippen molar-refractivity contribution in [2.24, 2.45) is 0 Å². The van der Waals surface area contributed by atoms with Crippen LogP contribution in [0.2, 0.25) is 0 Å². The molecule has 1 aliphatic rings. The lowest BCUT2D eigenvalue weighted by atomic mass is 10.2. The van der Waals surface area contributed by atoms with Crippen LogP contribution in [0, 0.1) is 6.92 Å². The third-order valence-corrected chi connectivity index (χ3v) is 2.44. The zero-order valence-electron chi connectivity index (χ0n) is 8.77. The van der Waals surface area contributed by atoms with E-state index in [-0.39, 0.29) is 5.95 Å². The molecule has 1 aliphatic carbocycles. The number of carboxylic acid groups (broad SMARTS) is 1. The van der Waals surface area contributed by atoms with E-state index < -0.39 is 6.09 Å². The van der Waals surface area contributed by atoms with Crippen molar-refractivity contribution in [3.8, 4) is 0 Å². The molecule has 80 valence electrons. The summed E-state index contributed by atoms with van der Waals surface area (Å²) in [6.07, 6.45) is 1.25. The molecule has 1 saturated carbocycles. The van der Waals surface area contributed by atoms with E-state index in [1.165, 1.54) is 7.05 Å². The maximum Gasteiger partial charge on any atom is 0.413 e. The summed E-state index contributed by atoms with van der Waals surface area (Å²) in [6.45, 7) is 1.85. The van der Waals surface area contributed by atoms with Crippen LogP contribution in [0.3, 0.4) is 0 Å². The monoisotopic (exact) mass is 207 g/mol. The van der Waals surface area contributed by atoms with E-state index in [2.05, 4.69) is 9.97 Å².